The lowest BCUT2D eigenvalue weighted by atomic mass is 9.92. The molecule has 672 valence electrons. The number of rotatable bonds is 16. The Morgan fingerprint density at radius 2 is 0.394 bits per heavy atom. The van der Waals surface area contributed by atoms with E-state index in [0.717, 1.165) is 145 Å². The number of benzene rings is 20. The van der Waals surface area contributed by atoms with Crippen molar-refractivity contribution in [3.05, 3.63) is 507 Å². The van der Waals surface area contributed by atoms with Crippen LogP contribution in [0.15, 0.2) is 473 Å². The van der Waals surface area contributed by atoms with Crippen molar-refractivity contribution in [2.75, 3.05) is 0 Å². The molecule has 0 spiro atoms. The van der Waals surface area contributed by atoms with Gasteiger partial charge in [-0.25, -0.2) is 19.9 Å². The van der Waals surface area contributed by atoms with Gasteiger partial charge < -0.3 is 18.3 Å². The minimum atomic E-state index is 0.662. The van der Waals surface area contributed by atoms with Gasteiger partial charge >= 0.3 is 0 Å². The molecular formula is C134H96N8. The zero-order chi connectivity index (χ0) is 95.2. The van der Waals surface area contributed by atoms with Gasteiger partial charge in [-0.2, -0.15) is 0 Å². The van der Waals surface area contributed by atoms with E-state index in [2.05, 4.69) is 509 Å². The molecule has 0 atom stereocenters. The lowest BCUT2D eigenvalue weighted by Gasteiger charge is -2.21. The molecular weight excluding hydrogens is 1720 g/mol. The van der Waals surface area contributed by atoms with Crippen LogP contribution in [0.25, 0.3) is 245 Å². The van der Waals surface area contributed by atoms with Crippen molar-refractivity contribution in [3.63, 3.8) is 0 Å². The van der Waals surface area contributed by atoms with Crippen molar-refractivity contribution in [1.29, 1.82) is 0 Å². The normalized spacial score (nSPS) is 11.6. The van der Waals surface area contributed by atoms with Crippen LogP contribution in [0.5, 0.6) is 0 Å². The summed E-state index contributed by atoms with van der Waals surface area (Å²) in [4.78, 5) is 21.5. The van der Waals surface area contributed by atoms with Crippen molar-refractivity contribution >= 4 is 87.2 Å². The molecule has 0 bridgehead atoms. The quantitative estimate of drug-likeness (QED) is 0.0966. The molecule has 8 heteroatoms. The maximum absolute atomic E-state index is 5.39. The summed E-state index contributed by atoms with van der Waals surface area (Å²) in [6, 6.07) is 171. The largest absolute Gasteiger partial charge is 0.309 e. The molecule has 142 heavy (non-hydrogen) atoms. The van der Waals surface area contributed by atoms with Crippen LogP contribution in [-0.2, 0) is 0 Å². The van der Waals surface area contributed by atoms with Crippen LogP contribution in [0.2, 0.25) is 0 Å². The van der Waals surface area contributed by atoms with E-state index in [1.165, 1.54) is 121 Å². The first-order valence-electron chi connectivity index (χ1n) is 48.8. The zero-order valence-electron chi connectivity index (χ0n) is 79.6. The van der Waals surface area contributed by atoms with Crippen LogP contribution in [0.1, 0.15) is 33.4 Å². The Bertz CT molecular complexity index is 9030. The molecule has 0 aliphatic heterocycles. The summed E-state index contributed by atoms with van der Waals surface area (Å²) in [5.74, 6) is 1.33. The van der Waals surface area contributed by atoms with Crippen LogP contribution in [0.3, 0.4) is 0 Å². The van der Waals surface area contributed by atoms with Gasteiger partial charge in [-0.1, -0.05) is 369 Å². The summed E-state index contributed by atoms with van der Waals surface area (Å²) in [5, 5.41) is 9.70. The van der Waals surface area contributed by atoms with Gasteiger partial charge in [-0.15, -0.1) is 0 Å². The van der Waals surface area contributed by atoms with E-state index in [1.54, 1.807) is 0 Å². The van der Waals surface area contributed by atoms with Crippen molar-refractivity contribution in [2.24, 2.45) is 0 Å². The second kappa shape index (κ2) is 35.7. The molecule has 0 amide bonds. The SMILES string of the molecule is Cc1cc(C)c(-c2ccc3c(c2)c2cc(-n4c5ccccc5c5ccccc54)ccc2n3-c2c(-c3ccccc3)cc(-c3nc(-c4ccccc4)cc(-c4ccccc4)n3)cc2-c2ccccc2)c(C)c1.Cc1cc(C)c(-c2ccc3c(c2)c2ccc(-n4c5ccccc5c5ccccc54)cc2n3-c2c(-c3ccccc3)cc(-c3nc(-c4ccccc4)cc(-c4ccccc4)n3)cc2-c2ccccc2)c(C)c1. The molecule has 0 N–H and O–H groups in total. The van der Waals surface area contributed by atoms with Gasteiger partial charge in [0.2, 0.25) is 0 Å². The molecule has 6 aromatic heterocycles. The van der Waals surface area contributed by atoms with Crippen molar-refractivity contribution < 1.29 is 0 Å². The highest BCUT2D eigenvalue weighted by atomic mass is 15.0. The van der Waals surface area contributed by atoms with Gasteiger partial charge in [0.25, 0.3) is 0 Å². The topological polar surface area (TPSA) is 71.3 Å². The predicted molar refractivity (Wildman–Crippen MR) is 595 cm³/mol. The van der Waals surface area contributed by atoms with E-state index in [9.17, 15) is 0 Å². The Morgan fingerprint density at radius 3 is 0.711 bits per heavy atom. The second-order valence-electron chi connectivity index (χ2n) is 37.5. The third kappa shape index (κ3) is 15.2. The standard InChI is InChI=1S/2C67H48N4/c1-43-36-44(2)65(45(3)37-43)50-32-35-63-58(38-50)55-34-33-52(70-61-30-18-16-28-53(61)54-29-17-19-31-62(54)70)41-64(55)71(63)66-56(46-20-8-4-9-21-46)39-51(40-57(66)47-22-10-5-11-23-47)67-68-59(48-24-12-6-13-25-48)42-60(69-67)49-26-14-7-15-27-49;1-43-36-44(2)65(45(3)37-43)50-32-34-63-57(38-50)58-41-52(70-61-30-18-16-28-53(61)54-29-17-19-31-62(54)70)33-35-64(58)71(63)66-55(46-20-8-4-9-21-46)39-51(40-56(66)47-22-10-5-11-23-47)67-68-59(48-24-12-6-13-25-48)42-60(69-67)49-26-14-7-15-27-49/h2*4-42H,1-3H3. The minimum absolute atomic E-state index is 0.662. The number of fused-ring (bicyclic) bond motifs is 12. The average molecular weight is 1820 g/mol. The van der Waals surface area contributed by atoms with Crippen LogP contribution in [-0.4, -0.2) is 38.2 Å². The van der Waals surface area contributed by atoms with E-state index in [4.69, 9.17) is 19.9 Å². The Kier molecular flexibility index (Phi) is 21.5. The van der Waals surface area contributed by atoms with E-state index >= 15 is 0 Å². The fourth-order valence-electron chi connectivity index (χ4n) is 22.3. The third-order valence-corrected chi connectivity index (χ3v) is 28.4. The summed E-state index contributed by atoms with van der Waals surface area (Å²) in [6.07, 6.45) is 0. The molecule has 0 radical (unpaired) electrons. The third-order valence-electron chi connectivity index (χ3n) is 28.4. The van der Waals surface area contributed by atoms with E-state index in [1.807, 2.05) is 24.3 Å². The predicted octanol–water partition coefficient (Wildman–Crippen LogP) is 35.2. The number of hydrogen-bond donors (Lipinski definition) is 0. The Hall–Kier alpha value is -18.2. The molecule has 0 saturated heterocycles. The highest BCUT2D eigenvalue weighted by Crippen LogP contribution is 2.51. The fraction of sp³-hybridized carbons (Fsp3) is 0.0448. The first-order chi connectivity index (χ1) is 69.9. The number of hydrogen-bond acceptors (Lipinski definition) is 4. The molecule has 26 aromatic rings. The molecule has 20 aromatic carbocycles. The van der Waals surface area contributed by atoms with Gasteiger partial charge in [-0.05, 0) is 224 Å². The smallest absolute Gasteiger partial charge is 0.160 e. The van der Waals surface area contributed by atoms with Gasteiger partial charge in [0.1, 0.15) is 0 Å². The Labute approximate surface area is 825 Å². The molecule has 8 nitrogen and oxygen atoms in total. The van der Waals surface area contributed by atoms with Crippen molar-refractivity contribution in [1.82, 2.24) is 38.2 Å². The van der Waals surface area contributed by atoms with Crippen LogP contribution < -0.4 is 0 Å². The minimum Gasteiger partial charge on any atom is -0.309 e. The number of nitrogens with zero attached hydrogens (tertiary/aromatic N) is 8. The monoisotopic (exact) mass is 1820 g/mol. The number of aryl methyl sites for hydroxylation is 6. The van der Waals surface area contributed by atoms with E-state index in [0.29, 0.717) is 11.6 Å². The fourth-order valence-corrected chi connectivity index (χ4v) is 22.3. The summed E-state index contributed by atoms with van der Waals surface area (Å²) in [5.41, 5.74) is 44.5. The molecule has 26 rings (SSSR count). The summed E-state index contributed by atoms with van der Waals surface area (Å²) in [7, 11) is 0. The molecule has 0 aliphatic rings. The van der Waals surface area contributed by atoms with Crippen LogP contribution in [0, 0.1) is 41.5 Å². The first-order valence-corrected chi connectivity index (χ1v) is 48.8. The van der Waals surface area contributed by atoms with Crippen LogP contribution >= 0.6 is 0 Å². The molecule has 0 aliphatic carbocycles. The first kappa shape index (κ1) is 85.4. The van der Waals surface area contributed by atoms with Gasteiger partial charge in [0, 0.05) is 110 Å². The van der Waals surface area contributed by atoms with Gasteiger partial charge in [-0.3, -0.25) is 0 Å². The second-order valence-corrected chi connectivity index (χ2v) is 37.5. The maximum Gasteiger partial charge on any atom is 0.160 e. The molecule has 0 saturated carbocycles. The van der Waals surface area contributed by atoms with Crippen LogP contribution in [0.4, 0.5) is 0 Å². The summed E-state index contributed by atoms with van der Waals surface area (Å²) in [6.45, 7) is 13.3. The highest BCUT2D eigenvalue weighted by molar-refractivity contribution is 6.17. The van der Waals surface area contributed by atoms with E-state index in [-0.39, 0.29) is 0 Å². The molecule has 0 unspecified atom stereocenters. The lowest BCUT2D eigenvalue weighted by molar-refractivity contribution is 1.15. The number of aromatic nitrogens is 8. The Morgan fingerprint density at radius 1 is 0.155 bits per heavy atom. The highest BCUT2D eigenvalue weighted by Gasteiger charge is 2.29. The summed E-state index contributed by atoms with van der Waals surface area (Å²) >= 11 is 0. The average Bonchev–Trinajstić information content (AvgIpc) is 1.56. The van der Waals surface area contributed by atoms with Crippen molar-refractivity contribution in [3.8, 4) is 157 Å². The Balaban J connectivity index is 0.000000149. The molecule has 0 fully saturated rings. The molecule has 6 heterocycles. The summed E-state index contributed by atoms with van der Waals surface area (Å²) < 4.78 is 9.91. The number of para-hydroxylation sites is 4. The lowest BCUT2D eigenvalue weighted by Crippen LogP contribution is -2.03. The maximum atomic E-state index is 5.39. The van der Waals surface area contributed by atoms with Crippen molar-refractivity contribution in [2.45, 2.75) is 41.5 Å². The van der Waals surface area contributed by atoms with Gasteiger partial charge in [0.15, 0.2) is 11.6 Å². The van der Waals surface area contributed by atoms with E-state index < -0.39 is 0 Å². The van der Waals surface area contributed by atoms with Gasteiger partial charge in [0.05, 0.1) is 78.3 Å². The zero-order valence-corrected chi connectivity index (χ0v) is 79.6.